The largest absolute Gasteiger partial charge is 0.465 e. The molecule has 20 heavy (non-hydrogen) atoms. The maximum Gasteiger partial charge on any atom is 0.407 e. The van der Waals surface area contributed by atoms with Crippen molar-refractivity contribution in [1.82, 2.24) is 14.9 Å². The fourth-order valence-corrected chi connectivity index (χ4v) is 2.20. The van der Waals surface area contributed by atoms with Gasteiger partial charge < -0.3 is 10.1 Å². The van der Waals surface area contributed by atoms with Gasteiger partial charge in [-0.15, -0.1) is 0 Å². The van der Waals surface area contributed by atoms with Crippen molar-refractivity contribution in [2.75, 3.05) is 12.8 Å². The van der Waals surface area contributed by atoms with Crippen molar-refractivity contribution in [3.05, 3.63) is 17.7 Å². The molecule has 114 valence electrons. The molecule has 0 saturated carbocycles. The molecule has 0 saturated heterocycles. The molecule has 0 aliphatic carbocycles. The lowest BCUT2D eigenvalue weighted by molar-refractivity contribution is 0.103. The van der Waals surface area contributed by atoms with Gasteiger partial charge in [-0.25, -0.2) is 9.78 Å². The van der Waals surface area contributed by atoms with Crippen molar-refractivity contribution in [2.45, 2.75) is 26.3 Å². The van der Waals surface area contributed by atoms with Crippen molar-refractivity contribution < 1.29 is 22.9 Å². The second-order valence-electron chi connectivity index (χ2n) is 4.91. The van der Waals surface area contributed by atoms with Crippen LogP contribution in [0.4, 0.5) is 4.79 Å². The molecule has 9 heteroatoms. The first-order valence-corrected chi connectivity index (χ1v) is 7.90. The summed E-state index contributed by atoms with van der Waals surface area (Å²) in [4.78, 5) is 19.9. The van der Waals surface area contributed by atoms with Gasteiger partial charge in [0.2, 0.25) is 0 Å². The molecule has 0 aromatic carbocycles. The van der Waals surface area contributed by atoms with Crippen molar-refractivity contribution in [3.8, 4) is 0 Å². The average Bonchev–Trinajstić information content (AvgIpc) is 2.72. The Labute approximate surface area is 117 Å². The van der Waals surface area contributed by atoms with E-state index in [0.29, 0.717) is 12.8 Å². The molecule has 2 rings (SSSR count). The summed E-state index contributed by atoms with van der Waals surface area (Å²) in [5, 5.41) is 9.11. The minimum Gasteiger partial charge on any atom is -0.465 e. The number of hydrogen-bond acceptors (Lipinski definition) is 4. The van der Waals surface area contributed by atoms with Gasteiger partial charge in [0, 0.05) is 18.7 Å². The first-order valence-electron chi connectivity index (χ1n) is 6.05. The summed E-state index contributed by atoms with van der Waals surface area (Å²) < 4.78 is 25.9. The summed E-state index contributed by atoms with van der Waals surface area (Å²) in [6, 6.07) is -0.113. The molecule has 1 aromatic heterocycles. The van der Waals surface area contributed by atoms with Crippen molar-refractivity contribution in [1.29, 1.82) is 0 Å². The van der Waals surface area contributed by atoms with Crippen LogP contribution < -0.4 is 0 Å². The van der Waals surface area contributed by atoms with Gasteiger partial charge >= 0.3 is 6.09 Å². The lowest BCUT2D eigenvalue weighted by atomic mass is 9.94. The highest BCUT2D eigenvalue weighted by molar-refractivity contribution is 7.85. The summed E-state index contributed by atoms with van der Waals surface area (Å²) in [6.07, 6.45) is 2.23. The van der Waals surface area contributed by atoms with Crippen LogP contribution in [0.1, 0.15) is 31.3 Å². The number of carbonyl (C=O) groups is 1. The van der Waals surface area contributed by atoms with E-state index in [-0.39, 0.29) is 12.0 Å². The van der Waals surface area contributed by atoms with Crippen LogP contribution in [0.2, 0.25) is 0 Å². The zero-order valence-corrected chi connectivity index (χ0v) is 12.4. The maximum absolute atomic E-state index is 11.1. The first-order chi connectivity index (χ1) is 9.11. The third-order valence-electron chi connectivity index (χ3n) is 2.85. The zero-order valence-electron chi connectivity index (χ0n) is 11.6. The highest BCUT2D eigenvalue weighted by atomic mass is 32.2. The van der Waals surface area contributed by atoms with Gasteiger partial charge in [-0.1, -0.05) is 13.8 Å². The third kappa shape index (κ3) is 4.49. The first kappa shape index (κ1) is 16.4. The molecule has 0 radical (unpaired) electrons. The molecular formula is C11H19N3O5S. The van der Waals surface area contributed by atoms with E-state index in [1.54, 1.807) is 6.33 Å². The SMILES string of the molecule is CC(C)C1c2nc[nH]c2CCN1C(=O)O.CS(=O)(=O)O. The fourth-order valence-electron chi connectivity index (χ4n) is 2.20. The van der Waals surface area contributed by atoms with Crippen LogP contribution in [-0.4, -0.2) is 51.8 Å². The molecule has 1 aliphatic heterocycles. The molecule has 1 atom stereocenters. The second kappa shape index (κ2) is 6.23. The van der Waals surface area contributed by atoms with Crippen molar-refractivity contribution >= 4 is 16.2 Å². The summed E-state index contributed by atoms with van der Waals surface area (Å²) >= 11 is 0. The van der Waals surface area contributed by atoms with E-state index < -0.39 is 16.2 Å². The standard InChI is InChI=1S/C10H15N3O2.CH4O3S/c1-6(2)9-8-7(11-5-12-8)3-4-13(9)10(14)15;1-5(2,3)4/h5-6,9H,3-4H2,1-2H3,(H,11,12)(H,14,15);1H3,(H,2,3,4). The highest BCUT2D eigenvalue weighted by Gasteiger charge is 2.34. The molecule has 0 spiro atoms. The number of H-pyrrole nitrogens is 1. The lowest BCUT2D eigenvalue weighted by Crippen LogP contribution is -2.41. The lowest BCUT2D eigenvalue weighted by Gasteiger charge is -2.35. The number of nitrogens with zero attached hydrogens (tertiary/aromatic N) is 2. The molecule has 3 N–H and O–H groups in total. The quantitative estimate of drug-likeness (QED) is 0.669. The molecule has 0 fully saturated rings. The predicted octanol–water partition coefficient (Wildman–Crippen LogP) is 1.15. The Kier molecular flexibility index (Phi) is 5.12. The van der Waals surface area contributed by atoms with E-state index >= 15 is 0 Å². The number of aromatic amines is 1. The van der Waals surface area contributed by atoms with Gasteiger partial charge in [0.1, 0.15) is 0 Å². The molecule has 0 bridgehead atoms. The van der Waals surface area contributed by atoms with Gasteiger partial charge in [-0.3, -0.25) is 9.45 Å². The Morgan fingerprint density at radius 2 is 2.10 bits per heavy atom. The Morgan fingerprint density at radius 3 is 2.55 bits per heavy atom. The van der Waals surface area contributed by atoms with Crippen LogP contribution in [-0.2, 0) is 16.5 Å². The number of fused-ring (bicyclic) bond motifs is 1. The Hall–Kier alpha value is -1.61. The van der Waals surface area contributed by atoms with Gasteiger partial charge in [-0.2, -0.15) is 8.42 Å². The second-order valence-corrected chi connectivity index (χ2v) is 6.38. The Bertz CT molecular complexity index is 558. The van der Waals surface area contributed by atoms with E-state index in [4.69, 9.17) is 9.66 Å². The average molecular weight is 305 g/mol. The molecular weight excluding hydrogens is 286 g/mol. The third-order valence-corrected chi connectivity index (χ3v) is 2.85. The van der Waals surface area contributed by atoms with E-state index in [1.165, 1.54) is 4.90 Å². The van der Waals surface area contributed by atoms with Gasteiger partial charge in [-0.05, 0) is 5.92 Å². The zero-order chi connectivity index (χ0) is 15.5. The Morgan fingerprint density at radius 1 is 1.55 bits per heavy atom. The minimum absolute atomic E-state index is 0.113. The van der Waals surface area contributed by atoms with Crippen LogP contribution >= 0.6 is 0 Å². The van der Waals surface area contributed by atoms with Crippen molar-refractivity contribution in [3.63, 3.8) is 0 Å². The number of carboxylic acid groups (broad SMARTS) is 1. The smallest absolute Gasteiger partial charge is 0.407 e. The van der Waals surface area contributed by atoms with E-state index in [0.717, 1.165) is 17.8 Å². The number of hydrogen-bond donors (Lipinski definition) is 3. The number of aromatic nitrogens is 2. The van der Waals surface area contributed by atoms with Gasteiger partial charge in [0.15, 0.2) is 0 Å². The molecule has 1 aliphatic rings. The monoisotopic (exact) mass is 305 g/mol. The molecule has 2 heterocycles. The normalized spacial score (nSPS) is 18.2. The number of rotatable bonds is 1. The van der Waals surface area contributed by atoms with Gasteiger partial charge in [0.25, 0.3) is 10.1 Å². The summed E-state index contributed by atoms with van der Waals surface area (Å²) in [5.41, 5.74) is 1.96. The highest BCUT2D eigenvalue weighted by Crippen LogP contribution is 2.32. The number of amides is 1. The van der Waals surface area contributed by atoms with E-state index in [2.05, 4.69) is 9.97 Å². The molecule has 1 amide bonds. The minimum atomic E-state index is -3.67. The van der Waals surface area contributed by atoms with Crippen LogP contribution in [0, 0.1) is 5.92 Å². The molecule has 1 aromatic rings. The van der Waals surface area contributed by atoms with Crippen molar-refractivity contribution in [2.24, 2.45) is 5.92 Å². The van der Waals surface area contributed by atoms with Gasteiger partial charge in [0.05, 0.1) is 24.3 Å². The topological polar surface area (TPSA) is 124 Å². The number of nitrogens with one attached hydrogen (secondary N) is 1. The maximum atomic E-state index is 11.1. The van der Waals surface area contributed by atoms with Crippen LogP contribution in [0.15, 0.2) is 6.33 Å². The van der Waals surface area contributed by atoms with E-state index in [1.807, 2.05) is 13.8 Å². The summed E-state index contributed by atoms with van der Waals surface area (Å²) in [7, 11) is -3.67. The Balaban J connectivity index is 0.000000347. The predicted molar refractivity (Wildman–Crippen MR) is 72.1 cm³/mol. The molecule has 1 unspecified atom stereocenters. The fraction of sp³-hybridized carbons (Fsp3) is 0.636. The van der Waals surface area contributed by atoms with Crippen LogP contribution in [0.3, 0.4) is 0 Å². The number of imidazole rings is 1. The molecule has 8 nitrogen and oxygen atoms in total. The van der Waals surface area contributed by atoms with Crippen LogP contribution in [0.25, 0.3) is 0 Å². The summed E-state index contributed by atoms with van der Waals surface area (Å²) in [5.74, 6) is 0.239. The van der Waals surface area contributed by atoms with Crippen LogP contribution in [0.5, 0.6) is 0 Å². The van der Waals surface area contributed by atoms with E-state index in [9.17, 15) is 13.2 Å². The summed E-state index contributed by atoms with van der Waals surface area (Å²) in [6.45, 7) is 4.59.